The fourth-order valence-electron chi connectivity index (χ4n) is 3.47. The Hall–Kier alpha value is -2.22. The lowest BCUT2D eigenvalue weighted by molar-refractivity contribution is -0.165. The molecule has 2 saturated heterocycles. The van der Waals surface area contributed by atoms with E-state index in [-0.39, 0.29) is 5.91 Å². The summed E-state index contributed by atoms with van der Waals surface area (Å²) < 4.78 is 4.55. The molecule has 7 nitrogen and oxygen atoms in total. The van der Waals surface area contributed by atoms with Crippen LogP contribution >= 0.6 is 11.8 Å². The highest BCUT2D eigenvalue weighted by Gasteiger charge is 2.70. The molecule has 3 atom stereocenters. The molecule has 2 aliphatic rings. The lowest BCUT2D eigenvalue weighted by atomic mass is 9.86. The molecule has 1 aromatic carbocycles. The van der Waals surface area contributed by atoms with Gasteiger partial charge in [-0.1, -0.05) is 12.1 Å². The number of benzene rings is 1. The Morgan fingerprint density at radius 2 is 1.92 bits per heavy atom. The van der Waals surface area contributed by atoms with Crippen LogP contribution in [0.1, 0.15) is 31.1 Å². The molecule has 25 heavy (non-hydrogen) atoms. The van der Waals surface area contributed by atoms with Crippen molar-refractivity contribution in [1.82, 2.24) is 10.2 Å². The van der Waals surface area contributed by atoms with Gasteiger partial charge in [-0.2, -0.15) is 0 Å². The number of nitrogens with zero attached hydrogens (tertiary/aromatic N) is 1. The number of nitrogens with one attached hydrogen (secondary N) is 1. The van der Waals surface area contributed by atoms with Gasteiger partial charge in [-0.3, -0.25) is 9.59 Å². The lowest BCUT2D eigenvalue weighted by Crippen LogP contribution is -2.78. The number of fused-ring (bicyclic) bond motifs is 1. The Balaban J connectivity index is 1.86. The minimum absolute atomic E-state index is 0.328. The maximum Gasteiger partial charge on any atom is 0.327 e. The van der Waals surface area contributed by atoms with Gasteiger partial charge < -0.3 is 20.1 Å². The summed E-state index contributed by atoms with van der Waals surface area (Å²) in [7, 11) is 1.47. The van der Waals surface area contributed by atoms with Crippen molar-refractivity contribution in [1.29, 1.82) is 0 Å². The topological polar surface area (TPSA) is 95.9 Å². The van der Waals surface area contributed by atoms with E-state index in [4.69, 9.17) is 4.74 Å². The summed E-state index contributed by atoms with van der Waals surface area (Å²) in [5, 5.41) is 11.8. The predicted molar refractivity (Wildman–Crippen MR) is 92.6 cm³/mol. The first kappa shape index (κ1) is 17.6. The minimum Gasteiger partial charge on any atom is -0.496 e. The first-order chi connectivity index (χ1) is 11.6. The van der Waals surface area contributed by atoms with Crippen LogP contribution in [0.15, 0.2) is 24.3 Å². The molecule has 2 aliphatic heterocycles. The molecular formula is C17H20N2O5S. The highest BCUT2D eigenvalue weighted by atomic mass is 32.2. The molecule has 1 aromatic rings. The Bertz CT molecular complexity index is 765. The summed E-state index contributed by atoms with van der Waals surface area (Å²) in [6, 6.07) is 5.83. The lowest BCUT2D eigenvalue weighted by Gasteiger charge is -2.51. The largest absolute Gasteiger partial charge is 0.496 e. The second-order valence-corrected chi connectivity index (χ2v) is 8.62. The van der Waals surface area contributed by atoms with E-state index in [1.807, 2.05) is 0 Å². The molecule has 1 unspecified atom stereocenters. The number of hydrogen-bond donors (Lipinski definition) is 2. The van der Waals surface area contributed by atoms with Gasteiger partial charge in [0, 0.05) is 4.75 Å². The van der Waals surface area contributed by atoms with Crippen LogP contribution < -0.4 is 10.1 Å². The van der Waals surface area contributed by atoms with Gasteiger partial charge in [0.25, 0.3) is 11.8 Å². The van der Waals surface area contributed by atoms with Crippen molar-refractivity contribution in [3.05, 3.63) is 29.8 Å². The number of carbonyl (C=O) groups is 3. The van der Waals surface area contributed by atoms with Gasteiger partial charge in [0.05, 0.1) is 12.7 Å². The molecule has 8 heteroatoms. The molecule has 2 amide bonds. The smallest absolute Gasteiger partial charge is 0.327 e. The summed E-state index contributed by atoms with van der Waals surface area (Å²) in [4.78, 5) is 38.3. The minimum atomic E-state index is -1.15. The molecule has 0 saturated carbocycles. The zero-order chi connectivity index (χ0) is 18.6. The molecule has 2 heterocycles. The molecule has 134 valence electrons. The molecular weight excluding hydrogens is 344 g/mol. The van der Waals surface area contributed by atoms with Gasteiger partial charge in [0.2, 0.25) is 0 Å². The monoisotopic (exact) mass is 364 g/mol. The number of aliphatic carboxylic acids is 1. The number of carboxylic acids is 1. The third-order valence-corrected chi connectivity index (χ3v) is 6.49. The summed E-state index contributed by atoms with van der Waals surface area (Å²) in [6.07, 6.45) is 0. The van der Waals surface area contributed by atoms with Gasteiger partial charge in [0.1, 0.15) is 22.7 Å². The standard InChI is InChI=1S/C17H20N2O5S/c1-16(2)11(13(21)22)19-14(23)17(3,15(19)25-16)18-12(20)9-7-5-6-8-10(9)24-4/h5-8,11,15H,1-4H3,(H,18,20)(H,21,22)/t11-,15+,17?/m0/s1. The number of rotatable bonds is 4. The Labute approximate surface area is 149 Å². The van der Waals surface area contributed by atoms with Crippen molar-refractivity contribution in [2.24, 2.45) is 0 Å². The number of ether oxygens (including phenoxy) is 1. The van der Waals surface area contributed by atoms with E-state index in [1.165, 1.54) is 23.8 Å². The zero-order valence-electron chi connectivity index (χ0n) is 14.4. The van der Waals surface area contributed by atoms with E-state index in [0.717, 1.165) is 0 Å². The summed E-state index contributed by atoms with van der Waals surface area (Å²) >= 11 is 1.39. The molecule has 0 spiro atoms. The highest BCUT2D eigenvalue weighted by molar-refractivity contribution is 8.01. The predicted octanol–water partition coefficient (Wildman–Crippen LogP) is 1.33. The normalized spacial score (nSPS) is 29.6. The van der Waals surface area contributed by atoms with Crippen LogP contribution in [0.5, 0.6) is 5.75 Å². The van der Waals surface area contributed by atoms with Crippen LogP contribution in [0.25, 0.3) is 0 Å². The summed E-state index contributed by atoms with van der Waals surface area (Å²) in [6.45, 7) is 5.23. The van der Waals surface area contributed by atoms with Crippen LogP contribution in [-0.2, 0) is 9.59 Å². The maximum absolute atomic E-state index is 12.7. The highest BCUT2D eigenvalue weighted by Crippen LogP contribution is 2.54. The third kappa shape index (κ3) is 2.47. The van der Waals surface area contributed by atoms with Crippen LogP contribution in [0.4, 0.5) is 0 Å². The number of methoxy groups -OCH3 is 1. The quantitative estimate of drug-likeness (QED) is 0.783. The molecule has 0 aromatic heterocycles. The average molecular weight is 364 g/mol. The molecule has 2 N–H and O–H groups in total. The van der Waals surface area contributed by atoms with Crippen molar-refractivity contribution in [3.63, 3.8) is 0 Å². The second kappa shape index (κ2) is 5.66. The van der Waals surface area contributed by atoms with Crippen molar-refractivity contribution in [2.45, 2.75) is 42.5 Å². The number of para-hydroxylation sites is 1. The van der Waals surface area contributed by atoms with Crippen LogP contribution in [0.3, 0.4) is 0 Å². The van der Waals surface area contributed by atoms with E-state index in [2.05, 4.69) is 5.32 Å². The first-order valence-corrected chi connectivity index (χ1v) is 8.70. The van der Waals surface area contributed by atoms with Gasteiger partial charge in [0.15, 0.2) is 0 Å². The van der Waals surface area contributed by atoms with E-state index < -0.39 is 33.6 Å². The van der Waals surface area contributed by atoms with E-state index in [1.54, 1.807) is 45.0 Å². The van der Waals surface area contributed by atoms with Gasteiger partial charge in [-0.25, -0.2) is 4.79 Å². The van der Waals surface area contributed by atoms with Crippen LogP contribution in [0.2, 0.25) is 0 Å². The molecule has 0 aliphatic carbocycles. The van der Waals surface area contributed by atoms with Crippen molar-refractivity contribution >= 4 is 29.5 Å². The van der Waals surface area contributed by atoms with E-state index in [0.29, 0.717) is 11.3 Å². The third-order valence-electron chi connectivity index (χ3n) is 4.74. The van der Waals surface area contributed by atoms with Crippen molar-refractivity contribution in [3.8, 4) is 5.75 Å². The maximum atomic E-state index is 12.7. The summed E-state index contributed by atoms with van der Waals surface area (Å²) in [5.74, 6) is -1.43. The number of β-lactam (4-membered cyclic amide) rings is 1. The molecule has 0 radical (unpaired) electrons. The number of thioether (sulfide) groups is 1. The van der Waals surface area contributed by atoms with Gasteiger partial charge >= 0.3 is 5.97 Å². The number of carbonyl (C=O) groups excluding carboxylic acids is 2. The van der Waals surface area contributed by atoms with Crippen LogP contribution in [-0.4, -0.2) is 56.6 Å². The fraction of sp³-hybridized carbons (Fsp3) is 0.471. The number of hydrogen-bond acceptors (Lipinski definition) is 5. The summed E-state index contributed by atoms with van der Waals surface area (Å²) in [5.41, 5.74) is -0.820. The Morgan fingerprint density at radius 1 is 1.28 bits per heavy atom. The van der Waals surface area contributed by atoms with Gasteiger partial charge in [-0.15, -0.1) is 11.8 Å². The zero-order valence-corrected chi connectivity index (χ0v) is 15.2. The number of carboxylic acid groups (broad SMARTS) is 1. The van der Waals surface area contributed by atoms with Gasteiger partial charge in [-0.05, 0) is 32.9 Å². The Morgan fingerprint density at radius 3 is 2.52 bits per heavy atom. The van der Waals surface area contributed by atoms with E-state index in [9.17, 15) is 19.5 Å². The van der Waals surface area contributed by atoms with Crippen molar-refractivity contribution < 1.29 is 24.2 Å². The molecule has 0 bridgehead atoms. The number of amides is 2. The first-order valence-electron chi connectivity index (χ1n) is 7.82. The Kier molecular flexibility index (Phi) is 3.98. The van der Waals surface area contributed by atoms with E-state index >= 15 is 0 Å². The molecule has 2 fully saturated rings. The SMILES string of the molecule is COc1ccccc1C(=O)NC1(C)C(=O)N2[C@@H](C(=O)O)C(C)(C)S[C@@H]21. The molecule has 3 rings (SSSR count). The second-order valence-electron chi connectivity index (χ2n) is 6.88. The van der Waals surface area contributed by atoms with Crippen LogP contribution in [0, 0.1) is 0 Å². The average Bonchev–Trinajstić information content (AvgIpc) is 2.84. The fourth-order valence-corrected chi connectivity index (χ4v) is 5.12. The van der Waals surface area contributed by atoms with Crippen molar-refractivity contribution in [2.75, 3.05) is 7.11 Å².